The Labute approximate surface area is 118 Å². The number of anilines is 1. The first-order valence-corrected chi connectivity index (χ1v) is 6.32. The molecule has 5 N–H and O–H groups in total. The van der Waals surface area contributed by atoms with E-state index in [0.29, 0.717) is 12.3 Å². The number of para-hydroxylation sites is 1. The highest BCUT2D eigenvalue weighted by molar-refractivity contribution is 5.73. The Morgan fingerprint density at radius 3 is 2.10 bits per heavy atom. The van der Waals surface area contributed by atoms with Gasteiger partial charge in [-0.25, -0.2) is 0 Å². The van der Waals surface area contributed by atoms with Gasteiger partial charge in [0.05, 0.1) is 0 Å². The molecule has 0 aliphatic carbocycles. The van der Waals surface area contributed by atoms with Crippen molar-refractivity contribution in [3.63, 3.8) is 0 Å². The number of benzene rings is 1. The molecule has 1 rings (SSSR count). The van der Waals surface area contributed by atoms with E-state index in [-0.39, 0.29) is 6.54 Å². The molecule has 6 heteroatoms. The van der Waals surface area contributed by atoms with Crippen LogP contribution in [0.25, 0.3) is 0 Å². The van der Waals surface area contributed by atoms with Gasteiger partial charge in [-0.2, -0.15) is 0 Å². The summed E-state index contributed by atoms with van der Waals surface area (Å²) in [5.41, 5.74) is 6.05. The van der Waals surface area contributed by atoms with Gasteiger partial charge in [0.25, 0.3) is 0 Å². The second-order valence-corrected chi connectivity index (χ2v) is 4.69. The molecule has 20 heavy (non-hydrogen) atoms. The van der Waals surface area contributed by atoms with Crippen LogP contribution in [0.5, 0.6) is 0 Å². The lowest BCUT2D eigenvalue weighted by molar-refractivity contribution is -0.139. The molecular formula is C14H22N2O4. The van der Waals surface area contributed by atoms with Crippen molar-refractivity contribution < 1.29 is 19.8 Å². The summed E-state index contributed by atoms with van der Waals surface area (Å²) in [6.45, 7) is 3.86. The largest absolute Gasteiger partial charge is 0.480 e. The van der Waals surface area contributed by atoms with Crippen LogP contribution in [0.1, 0.15) is 20.3 Å². The first-order valence-electron chi connectivity index (χ1n) is 6.32. The zero-order valence-corrected chi connectivity index (χ0v) is 11.7. The fourth-order valence-corrected chi connectivity index (χ4v) is 1.34. The molecule has 0 saturated heterocycles. The molecule has 0 radical (unpaired) electrons. The van der Waals surface area contributed by atoms with Gasteiger partial charge >= 0.3 is 11.9 Å². The van der Waals surface area contributed by atoms with E-state index >= 15 is 0 Å². The minimum Gasteiger partial charge on any atom is -0.480 e. The topological polar surface area (TPSA) is 113 Å². The van der Waals surface area contributed by atoms with Crippen LogP contribution in [-0.2, 0) is 9.59 Å². The molecule has 0 saturated carbocycles. The Kier molecular flexibility index (Phi) is 8.78. The lowest BCUT2D eigenvalue weighted by Crippen LogP contribution is -2.31. The van der Waals surface area contributed by atoms with Crippen LogP contribution >= 0.6 is 0 Å². The molecule has 1 aromatic rings. The molecule has 6 nitrogen and oxygen atoms in total. The number of rotatable bonds is 6. The minimum atomic E-state index is -0.913. The van der Waals surface area contributed by atoms with Crippen LogP contribution < -0.4 is 11.1 Å². The first kappa shape index (κ1) is 17.9. The van der Waals surface area contributed by atoms with Crippen molar-refractivity contribution in [3.8, 4) is 0 Å². The average molecular weight is 282 g/mol. The standard InChI is InChI=1S/C8H9NO2.C6H13NO2/c10-8(11)6-9-7-4-2-1-3-5-7;1-4(2)3-5(7)6(8)9/h1-5,9H,6H2,(H,10,11);4-5H,3,7H2,1-2H3,(H,8,9)/t;5-/m.0/s1. The van der Waals surface area contributed by atoms with Crippen molar-refractivity contribution in [2.75, 3.05) is 11.9 Å². The number of carboxylic acids is 2. The van der Waals surface area contributed by atoms with Crippen molar-refractivity contribution in [3.05, 3.63) is 30.3 Å². The summed E-state index contributed by atoms with van der Waals surface area (Å²) < 4.78 is 0. The summed E-state index contributed by atoms with van der Waals surface area (Å²) in [6, 6.07) is 8.54. The maximum atomic E-state index is 10.1. The van der Waals surface area contributed by atoms with Gasteiger partial charge in [-0.05, 0) is 24.5 Å². The van der Waals surface area contributed by atoms with Crippen molar-refractivity contribution in [2.45, 2.75) is 26.3 Å². The molecule has 0 aromatic heterocycles. The first-order chi connectivity index (χ1) is 9.32. The van der Waals surface area contributed by atoms with Gasteiger partial charge in [-0.15, -0.1) is 0 Å². The second kappa shape index (κ2) is 9.80. The monoisotopic (exact) mass is 282 g/mol. The van der Waals surface area contributed by atoms with Gasteiger partial charge in [0.1, 0.15) is 12.6 Å². The van der Waals surface area contributed by atoms with Crippen LogP contribution in [0.4, 0.5) is 5.69 Å². The van der Waals surface area contributed by atoms with Crippen LogP contribution in [-0.4, -0.2) is 34.7 Å². The highest BCUT2D eigenvalue weighted by Crippen LogP contribution is 2.03. The maximum absolute atomic E-state index is 10.1. The summed E-state index contributed by atoms with van der Waals surface area (Å²) in [7, 11) is 0. The Bertz CT molecular complexity index is 407. The number of nitrogens with two attached hydrogens (primary N) is 1. The Morgan fingerprint density at radius 2 is 1.75 bits per heavy atom. The van der Waals surface area contributed by atoms with E-state index in [9.17, 15) is 9.59 Å². The number of carboxylic acid groups (broad SMARTS) is 2. The van der Waals surface area contributed by atoms with E-state index in [1.165, 1.54) is 0 Å². The van der Waals surface area contributed by atoms with E-state index < -0.39 is 18.0 Å². The number of hydrogen-bond acceptors (Lipinski definition) is 4. The lowest BCUT2D eigenvalue weighted by atomic mass is 10.1. The Balaban J connectivity index is 0.000000370. The molecule has 0 amide bonds. The Morgan fingerprint density at radius 1 is 1.20 bits per heavy atom. The fraction of sp³-hybridized carbons (Fsp3) is 0.429. The van der Waals surface area contributed by atoms with Gasteiger partial charge in [0.2, 0.25) is 0 Å². The van der Waals surface area contributed by atoms with E-state index in [2.05, 4.69) is 5.32 Å². The van der Waals surface area contributed by atoms with Crippen molar-refractivity contribution >= 4 is 17.6 Å². The van der Waals surface area contributed by atoms with Crippen molar-refractivity contribution in [1.82, 2.24) is 0 Å². The fourth-order valence-electron chi connectivity index (χ4n) is 1.34. The summed E-state index contributed by atoms with van der Waals surface area (Å²) in [6.07, 6.45) is 0.551. The predicted molar refractivity (Wildman–Crippen MR) is 77.6 cm³/mol. The molecule has 0 aliphatic rings. The summed E-state index contributed by atoms with van der Waals surface area (Å²) >= 11 is 0. The van der Waals surface area contributed by atoms with Crippen LogP contribution in [0.3, 0.4) is 0 Å². The quantitative estimate of drug-likeness (QED) is 0.630. The third-order valence-corrected chi connectivity index (χ3v) is 2.26. The zero-order valence-electron chi connectivity index (χ0n) is 11.7. The molecular weight excluding hydrogens is 260 g/mol. The van der Waals surface area contributed by atoms with E-state index in [1.807, 2.05) is 44.2 Å². The number of hydrogen-bond donors (Lipinski definition) is 4. The number of nitrogens with one attached hydrogen (secondary N) is 1. The SMILES string of the molecule is CC(C)C[C@H](N)C(=O)O.O=C(O)CNc1ccccc1. The van der Waals surface area contributed by atoms with Gasteiger partial charge in [-0.1, -0.05) is 32.0 Å². The van der Waals surface area contributed by atoms with Gasteiger partial charge in [0.15, 0.2) is 0 Å². The van der Waals surface area contributed by atoms with Crippen LogP contribution in [0.15, 0.2) is 30.3 Å². The average Bonchev–Trinajstić information content (AvgIpc) is 2.37. The molecule has 0 unspecified atom stereocenters. The summed E-state index contributed by atoms with van der Waals surface area (Å²) in [4.78, 5) is 20.2. The molecule has 0 heterocycles. The van der Waals surface area contributed by atoms with E-state index in [4.69, 9.17) is 15.9 Å². The van der Waals surface area contributed by atoms with Crippen LogP contribution in [0.2, 0.25) is 0 Å². The smallest absolute Gasteiger partial charge is 0.322 e. The maximum Gasteiger partial charge on any atom is 0.322 e. The minimum absolute atomic E-state index is 0.0377. The normalized spacial score (nSPS) is 11.2. The van der Waals surface area contributed by atoms with Crippen molar-refractivity contribution in [1.29, 1.82) is 0 Å². The van der Waals surface area contributed by atoms with Crippen molar-refractivity contribution in [2.24, 2.45) is 11.7 Å². The second-order valence-electron chi connectivity index (χ2n) is 4.69. The van der Waals surface area contributed by atoms with Gasteiger partial charge in [0, 0.05) is 5.69 Å². The summed E-state index contributed by atoms with van der Waals surface area (Å²) in [5, 5.41) is 19.4. The number of carbonyl (C=O) groups is 2. The van der Waals surface area contributed by atoms with E-state index in [0.717, 1.165) is 5.69 Å². The molecule has 1 aromatic carbocycles. The van der Waals surface area contributed by atoms with Gasteiger partial charge in [-0.3, -0.25) is 9.59 Å². The highest BCUT2D eigenvalue weighted by atomic mass is 16.4. The molecule has 0 bridgehead atoms. The highest BCUT2D eigenvalue weighted by Gasteiger charge is 2.11. The molecule has 0 aliphatic heterocycles. The molecule has 112 valence electrons. The molecule has 1 atom stereocenters. The zero-order chi connectivity index (χ0) is 15.5. The third kappa shape index (κ3) is 9.90. The third-order valence-electron chi connectivity index (χ3n) is 2.26. The lowest BCUT2D eigenvalue weighted by Gasteiger charge is -2.07. The Hall–Kier alpha value is -2.08. The van der Waals surface area contributed by atoms with Crippen LogP contribution in [0, 0.1) is 5.92 Å². The van der Waals surface area contributed by atoms with E-state index in [1.54, 1.807) is 0 Å². The molecule has 0 spiro atoms. The van der Waals surface area contributed by atoms with Gasteiger partial charge < -0.3 is 21.3 Å². The molecule has 0 fully saturated rings. The summed E-state index contributed by atoms with van der Waals surface area (Å²) in [5.74, 6) is -1.41. The number of aliphatic carboxylic acids is 2. The predicted octanol–water partition coefficient (Wildman–Crippen LogP) is 1.63.